The molecule has 0 aromatic heterocycles. The van der Waals surface area contributed by atoms with Crippen LogP contribution in [0.1, 0.15) is 26.3 Å². The van der Waals surface area contributed by atoms with E-state index < -0.39 is 0 Å². The van der Waals surface area contributed by atoms with Gasteiger partial charge in [0.25, 0.3) is 0 Å². The summed E-state index contributed by atoms with van der Waals surface area (Å²) < 4.78 is 5.22. The van der Waals surface area contributed by atoms with Gasteiger partial charge in [-0.3, -0.25) is 4.79 Å². The highest BCUT2D eigenvalue weighted by molar-refractivity contribution is 6.30. The predicted molar refractivity (Wildman–Crippen MR) is 78.4 cm³/mol. The number of methoxy groups -OCH3 is 1. The molecule has 3 nitrogen and oxygen atoms in total. The van der Waals surface area contributed by atoms with E-state index in [9.17, 15) is 4.79 Å². The second kappa shape index (κ2) is 6.62. The molecule has 0 bridgehead atoms. The van der Waals surface area contributed by atoms with Crippen molar-refractivity contribution < 1.29 is 9.53 Å². The highest BCUT2D eigenvalue weighted by Gasteiger charge is 2.07. The monoisotopic (exact) mass is 281 g/mol. The van der Waals surface area contributed by atoms with Gasteiger partial charge in [-0.2, -0.15) is 0 Å². The Balaban J connectivity index is 2.64. The van der Waals surface area contributed by atoms with Crippen LogP contribution in [0.4, 0.5) is 0 Å². The van der Waals surface area contributed by atoms with E-state index in [0.717, 1.165) is 5.56 Å². The van der Waals surface area contributed by atoms with E-state index in [4.69, 9.17) is 16.3 Å². The standard InChI is InChI=1S/C15H20ClNO2/c1-15(2,3)8-7-14(18)17-10-11-9-12(16)5-6-13(11)19-4/h5-9H,10H2,1-4H3,(H,17,18)/b8-7+. The van der Waals surface area contributed by atoms with Crippen LogP contribution in [0.15, 0.2) is 30.4 Å². The van der Waals surface area contributed by atoms with Crippen molar-refractivity contribution in [1.29, 1.82) is 0 Å². The lowest BCUT2D eigenvalue weighted by molar-refractivity contribution is -0.116. The Kier molecular flexibility index (Phi) is 5.43. The third-order valence-electron chi connectivity index (χ3n) is 2.43. The van der Waals surface area contributed by atoms with Crippen LogP contribution < -0.4 is 10.1 Å². The number of hydrogen-bond acceptors (Lipinski definition) is 2. The molecule has 0 aliphatic carbocycles. The summed E-state index contributed by atoms with van der Waals surface area (Å²) in [6.45, 7) is 6.50. The number of carbonyl (C=O) groups excluding carboxylic acids is 1. The molecule has 1 aromatic carbocycles. The number of carbonyl (C=O) groups is 1. The topological polar surface area (TPSA) is 38.3 Å². The molecular formula is C15H20ClNO2. The first-order valence-electron chi connectivity index (χ1n) is 6.11. The van der Waals surface area contributed by atoms with Gasteiger partial charge in [-0.15, -0.1) is 0 Å². The van der Waals surface area contributed by atoms with Crippen molar-refractivity contribution in [2.24, 2.45) is 5.41 Å². The van der Waals surface area contributed by atoms with Gasteiger partial charge in [0.15, 0.2) is 0 Å². The van der Waals surface area contributed by atoms with Gasteiger partial charge in [0.05, 0.1) is 7.11 Å². The molecule has 104 valence electrons. The van der Waals surface area contributed by atoms with Gasteiger partial charge in [-0.25, -0.2) is 0 Å². The van der Waals surface area contributed by atoms with Crippen molar-refractivity contribution in [3.05, 3.63) is 40.9 Å². The molecule has 0 unspecified atom stereocenters. The van der Waals surface area contributed by atoms with Gasteiger partial charge in [0.2, 0.25) is 5.91 Å². The second-order valence-electron chi connectivity index (χ2n) is 5.37. The maximum absolute atomic E-state index is 11.7. The summed E-state index contributed by atoms with van der Waals surface area (Å²) in [6, 6.07) is 5.33. The lowest BCUT2D eigenvalue weighted by Gasteiger charge is -2.12. The van der Waals surface area contributed by atoms with E-state index in [1.54, 1.807) is 31.4 Å². The first-order chi connectivity index (χ1) is 8.81. The summed E-state index contributed by atoms with van der Waals surface area (Å²) in [5.74, 6) is 0.585. The summed E-state index contributed by atoms with van der Waals surface area (Å²) in [7, 11) is 1.59. The third kappa shape index (κ3) is 5.79. The third-order valence-corrected chi connectivity index (χ3v) is 2.67. The number of allylic oxidation sites excluding steroid dienone is 1. The van der Waals surface area contributed by atoms with Gasteiger partial charge in [0, 0.05) is 17.1 Å². The van der Waals surface area contributed by atoms with Crippen LogP contribution in [-0.4, -0.2) is 13.0 Å². The van der Waals surface area contributed by atoms with Crippen LogP contribution in [-0.2, 0) is 11.3 Å². The summed E-state index contributed by atoms with van der Waals surface area (Å²) in [4.78, 5) is 11.7. The summed E-state index contributed by atoms with van der Waals surface area (Å²) in [5, 5.41) is 3.43. The highest BCUT2D eigenvalue weighted by Crippen LogP contribution is 2.22. The molecule has 0 atom stereocenters. The largest absolute Gasteiger partial charge is 0.496 e. The maximum atomic E-state index is 11.7. The average molecular weight is 282 g/mol. The van der Waals surface area contributed by atoms with Crippen LogP contribution in [0.3, 0.4) is 0 Å². The molecule has 0 aliphatic rings. The Bertz CT molecular complexity index is 476. The maximum Gasteiger partial charge on any atom is 0.243 e. The number of nitrogens with one attached hydrogen (secondary N) is 1. The van der Waals surface area contributed by atoms with Crippen LogP contribution in [0.25, 0.3) is 0 Å². The van der Waals surface area contributed by atoms with Crippen LogP contribution in [0.2, 0.25) is 5.02 Å². The van der Waals surface area contributed by atoms with E-state index in [2.05, 4.69) is 5.32 Å². The summed E-state index contributed by atoms with van der Waals surface area (Å²) >= 11 is 5.93. The van der Waals surface area contributed by atoms with E-state index in [1.807, 2.05) is 26.8 Å². The first kappa shape index (κ1) is 15.6. The molecule has 0 spiro atoms. The van der Waals surface area contributed by atoms with Crippen molar-refractivity contribution in [2.45, 2.75) is 27.3 Å². The number of halogens is 1. The minimum atomic E-state index is -0.128. The van der Waals surface area contributed by atoms with Crippen LogP contribution >= 0.6 is 11.6 Å². The number of ether oxygens (including phenoxy) is 1. The number of rotatable bonds is 4. The number of amides is 1. The zero-order valence-electron chi connectivity index (χ0n) is 11.8. The van der Waals surface area contributed by atoms with Crippen molar-refractivity contribution in [3.8, 4) is 5.75 Å². The zero-order chi connectivity index (χ0) is 14.5. The fraction of sp³-hybridized carbons (Fsp3) is 0.400. The lowest BCUT2D eigenvalue weighted by atomic mass is 9.96. The van der Waals surface area contributed by atoms with Gasteiger partial charge in [-0.05, 0) is 29.7 Å². The second-order valence-corrected chi connectivity index (χ2v) is 5.81. The summed E-state index contributed by atoms with van der Waals surface area (Å²) in [5.41, 5.74) is 0.845. The molecule has 19 heavy (non-hydrogen) atoms. The normalized spacial score (nSPS) is 11.6. The lowest BCUT2D eigenvalue weighted by Crippen LogP contribution is -2.21. The van der Waals surface area contributed by atoms with Gasteiger partial charge < -0.3 is 10.1 Å². The molecule has 0 saturated heterocycles. The quantitative estimate of drug-likeness (QED) is 0.857. The van der Waals surface area contributed by atoms with E-state index in [1.165, 1.54) is 0 Å². The molecule has 0 heterocycles. The van der Waals surface area contributed by atoms with Gasteiger partial charge in [0.1, 0.15) is 5.75 Å². The smallest absolute Gasteiger partial charge is 0.243 e. The molecule has 1 N–H and O–H groups in total. The van der Waals surface area contributed by atoms with Crippen LogP contribution in [0, 0.1) is 5.41 Å². The Morgan fingerprint density at radius 1 is 1.42 bits per heavy atom. The minimum absolute atomic E-state index is 0.00884. The molecule has 0 saturated carbocycles. The molecular weight excluding hydrogens is 262 g/mol. The van der Waals surface area contributed by atoms with Crippen LogP contribution in [0.5, 0.6) is 5.75 Å². The fourth-order valence-electron chi connectivity index (χ4n) is 1.45. The van der Waals surface area contributed by atoms with Crippen molar-refractivity contribution in [1.82, 2.24) is 5.32 Å². The average Bonchev–Trinajstić information content (AvgIpc) is 2.33. The minimum Gasteiger partial charge on any atom is -0.496 e. The molecule has 1 amide bonds. The van der Waals surface area contributed by atoms with E-state index in [0.29, 0.717) is 17.3 Å². The van der Waals surface area contributed by atoms with Crippen molar-refractivity contribution in [3.63, 3.8) is 0 Å². The Hall–Kier alpha value is -1.48. The summed E-state index contributed by atoms with van der Waals surface area (Å²) in [6.07, 6.45) is 3.43. The Morgan fingerprint density at radius 2 is 2.11 bits per heavy atom. The van der Waals surface area contributed by atoms with Crippen molar-refractivity contribution in [2.75, 3.05) is 7.11 Å². The number of hydrogen-bond donors (Lipinski definition) is 1. The Labute approximate surface area is 119 Å². The van der Waals surface area contributed by atoms with Gasteiger partial charge >= 0.3 is 0 Å². The molecule has 0 fully saturated rings. The van der Waals surface area contributed by atoms with E-state index >= 15 is 0 Å². The van der Waals surface area contributed by atoms with Gasteiger partial charge in [-0.1, -0.05) is 38.4 Å². The molecule has 1 rings (SSSR count). The fourth-order valence-corrected chi connectivity index (χ4v) is 1.65. The molecule has 0 radical (unpaired) electrons. The SMILES string of the molecule is COc1ccc(Cl)cc1CNC(=O)/C=C/C(C)(C)C. The van der Waals surface area contributed by atoms with E-state index in [-0.39, 0.29) is 11.3 Å². The zero-order valence-corrected chi connectivity index (χ0v) is 12.5. The highest BCUT2D eigenvalue weighted by atomic mass is 35.5. The predicted octanol–water partition coefficient (Wildman–Crippen LogP) is 3.57. The Morgan fingerprint density at radius 3 is 2.68 bits per heavy atom. The molecule has 1 aromatic rings. The van der Waals surface area contributed by atoms with Crippen molar-refractivity contribution >= 4 is 17.5 Å². The first-order valence-corrected chi connectivity index (χ1v) is 6.49. The molecule has 0 aliphatic heterocycles. The molecule has 4 heteroatoms. The number of benzene rings is 1.